The fourth-order valence-corrected chi connectivity index (χ4v) is 5.13. The van der Waals surface area contributed by atoms with E-state index >= 15 is 0 Å². The summed E-state index contributed by atoms with van der Waals surface area (Å²) in [5.74, 6) is -0.309. The van der Waals surface area contributed by atoms with Gasteiger partial charge in [-0.05, 0) is 0 Å². The van der Waals surface area contributed by atoms with E-state index in [1.165, 1.54) is 12.1 Å². The SMILES string of the molecule is [CH3][Sn]([CH3])([CH3])[C](=O)/C(=C/c1cccc(F)c1)c1ccc(Cl)cc1. The molecule has 0 fully saturated rings. The van der Waals surface area contributed by atoms with Gasteiger partial charge >= 0.3 is 140 Å². The van der Waals surface area contributed by atoms with E-state index in [9.17, 15) is 9.18 Å². The van der Waals surface area contributed by atoms with Gasteiger partial charge < -0.3 is 0 Å². The molecular formula is C18H18ClFOSn. The van der Waals surface area contributed by atoms with Crippen LogP contribution in [0, 0.1) is 5.82 Å². The van der Waals surface area contributed by atoms with Crippen molar-refractivity contribution >= 4 is 45.4 Å². The summed E-state index contributed by atoms with van der Waals surface area (Å²) >= 11 is 3.14. The first kappa shape index (κ1) is 17.2. The van der Waals surface area contributed by atoms with Crippen molar-refractivity contribution in [1.82, 2.24) is 0 Å². The van der Waals surface area contributed by atoms with E-state index < -0.39 is 18.4 Å². The van der Waals surface area contributed by atoms with Gasteiger partial charge in [-0.2, -0.15) is 0 Å². The van der Waals surface area contributed by atoms with Crippen molar-refractivity contribution in [2.75, 3.05) is 0 Å². The Labute approximate surface area is 139 Å². The molecule has 0 atom stereocenters. The Morgan fingerprint density at radius 3 is 2.27 bits per heavy atom. The van der Waals surface area contributed by atoms with Gasteiger partial charge in [-0.3, -0.25) is 0 Å². The summed E-state index contributed by atoms with van der Waals surface area (Å²) in [5, 5.41) is 0.626. The van der Waals surface area contributed by atoms with Crippen molar-refractivity contribution in [2.45, 2.75) is 14.8 Å². The summed E-state index contributed by atoms with van der Waals surface area (Å²) in [5.41, 5.74) is 2.16. The molecule has 0 spiro atoms. The van der Waals surface area contributed by atoms with Gasteiger partial charge in [0.1, 0.15) is 0 Å². The first-order valence-electron chi connectivity index (χ1n) is 7.05. The number of hydrogen-bond donors (Lipinski definition) is 0. The average molecular weight is 424 g/mol. The first-order chi connectivity index (χ1) is 10.3. The zero-order chi connectivity index (χ0) is 16.3. The van der Waals surface area contributed by atoms with E-state index in [1.807, 2.05) is 12.1 Å². The van der Waals surface area contributed by atoms with E-state index in [1.54, 1.807) is 30.3 Å². The third-order valence-electron chi connectivity index (χ3n) is 3.24. The third-order valence-corrected chi connectivity index (χ3v) is 8.15. The Kier molecular flexibility index (Phi) is 5.45. The predicted molar refractivity (Wildman–Crippen MR) is 94.1 cm³/mol. The molecule has 0 saturated heterocycles. The molecule has 0 radical (unpaired) electrons. The number of carbonyl (C=O) groups excluding carboxylic acids is 1. The second-order valence-corrected chi connectivity index (χ2v) is 20.8. The fraction of sp³-hybridized carbons (Fsp3) is 0.167. The summed E-state index contributed by atoms with van der Waals surface area (Å²) in [6.07, 6.45) is 1.77. The Bertz CT molecular complexity index is 715. The van der Waals surface area contributed by atoms with Crippen LogP contribution >= 0.6 is 11.6 Å². The number of carbonyl (C=O) groups is 1. The van der Waals surface area contributed by atoms with Crippen LogP contribution in [-0.2, 0) is 4.79 Å². The quantitative estimate of drug-likeness (QED) is 0.362. The molecule has 0 heterocycles. The van der Waals surface area contributed by atoms with Crippen LogP contribution in [0.5, 0.6) is 0 Å². The van der Waals surface area contributed by atoms with Gasteiger partial charge in [0.05, 0.1) is 0 Å². The van der Waals surface area contributed by atoms with Gasteiger partial charge in [0.2, 0.25) is 0 Å². The summed E-state index contributed by atoms with van der Waals surface area (Å²) in [6, 6.07) is 13.5. The van der Waals surface area contributed by atoms with E-state index in [-0.39, 0.29) is 9.62 Å². The van der Waals surface area contributed by atoms with Gasteiger partial charge in [-0.15, -0.1) is 0 Å². The van der Waals surface area contributed by atoms with E-state index in [2.05, 4.69) is 14.8 Å². The van der Waals surface area contributed by atoms with Gasteiger partial charge in [0, 0.05) is 0 Å². The molecule has 2 rings (SSSR count). The molecule has 0 aliphatic carbocycles. The molecule has 1 nitrogen and oxygen atoms in total. The molecule has 0 saturated carbocycles. The molecule has 114 valence electrons. The second kappa shape index (κ2) is 6.97. The number of allylic oxidation sites excluding steroid dienone is 1. The van der Waals surface area contributed by atoms with Crippen LogP contribution in [0.4, 0.5) is 4.39 Å². The van der Waals surface area contributed by atoms with Crippen molar-refractivity contribution in [3.8, 4) is 0 Å². The summed E-state index contributed by atoms with van der Waals surface area (Å²) in [6.45, 7) is 0. The van der Waals surface area contributed by atoms with Gasteiger partial charge in [0.15, 0.2) is 0 Å². The number of halogens is 2. The Balaban J connectivity index is 2.55. The molecule has 0 aromatic heterocycles. The van der Waals surface area contributed by atoms with Gasteiger partial charge in [-0.1, -0.05) is 0 Å². The number of rotatable bonds is 4. The van der Waals surface area contributed by atoms with E-state index in [4.69, 9.17) is 11.6 Å². The zero-order valence-corrected chi connectivity index (χ0v) is 16.5. The first-order valence-corrected chi connectivity index (χ1v) is 17.4. The monoisotopic (exact) mass is 424 g/mol. The van der Waals surface area contributed by atoms with E-state index in [0.717, 1.165) is 5.56 Å². The Hall–Kier alpha value is -1.13. The van der Waals surface area contributed by atoms with Crippen LogP contribution in [0.25, 0.3) is 11.6 Å². The normalized spacial score (nSPS) is 12.3. The van der Waals surface area contributed by atoms with Crippen LogP contribution in [0.3, 0.4) is 0 Å². The van der Waals surface area contributed by atoms with Crippen LogP contribution in [0.15, 0.2) is 48.5 Å². The van der Waals surface area contributed by atoms with Gasteiger partial charge in [-0.25, -0.2) is 0 Å². The predicted octanol–water partition coefficient (Wildman–Crippen LogP) is 5.47. The standard InChI is InChI=1S/C15H9ClFO.3CH3.Sn/c16-14-6-4-12(5-7-14)13(10-18)8-11-2-1-3-15(17)9-11;;;;/h1-9H;3*1H3;/b13-8-;;;;. The molecule has 0 bridgehead atoms. The molecule has 0 N–H and O–H groups in total. The minimum atomic E-state index is -2.79. The fourth-order valence-electron chi connectivity index (χ4n) is 2.08. The molecule has 2 aromatic carbocycles. The maximum atomic E-state index is 13.4. The van der Waals surface area contributed by atoms with Crippen molar-refractivity contribution in [1.29, 1.82) is 0 Å². The maximum absolute atomic E-state index is 13.4. The summed E-state index contributed by atoms with van der Waals surface area (Å²) in [4.78, 5) is 19.1. The molecule has 0 unspecified atom stereocenters. The van der Waals surface area contributed by atoms with Crippen LogP contribution in [0.2, 0.25) is 19.8 Å². The van der Waals surface area contributed by atoms with Crippen molar-refractivity contribution in [2.24, 2.45) is 0 Å². The molecule has 0 amide bonds. The van der Waals surface area contributed by atoms with Crippen molar-refractivity contribution < 1.29 is 9.18 Å². The molecule has 22 heavy (non-hydrogen) atoms. The average Bonchev–Trinajstić information content (AvgIpc) is 2.44. The van der Waals surface area contributed by atoms with Crippen molar-refractivity contribution in [3.63, 3.8) is 0 Å². The Morgan fingerprint density at radius 1 is 1.09 bits per heavy atom. The molecule has 4 heteroatoms. The summed E-state index contributed by atoms with van der Waals surface area (Å²) < 4.78 is 13.6. The van der Waals surface area contributed by atoms with Crippen LogP contribution in [-0.4, -0.2) is 22.2 Å². The number of benzene rings is 2. The minimum absolute atomic E-state index is 0.209. The van der Waals surface area contributed by atoms with Crippen molar-refractivity contribution in [3.05, 3.63) is 70.5 Å². The molecule has 0 aliphatic rings. The van der Waals surface area contributed by atoms with Gasteiger partial charge in [0.25, 0.3) is 0 Å². The van der Waals surface area contributed by atoms with Crippen LogP contribution < -0.4 is 0 Å². The zero-order valence-electron chi connectivity index (χ0n) is 12.9. The molecular weight excluding hydrogens is 405 g/mol. The van der Waals surface area contributed by atoms with E-state index in [0.29, 0.717) is 16.2 Å². The molecule has 0 aliphatic heterocycles. The second-order valence-electron chi connectivity index (χ2n) is 6.20. The summed E-state index contributed by atoms with van der Waals surface area (Å²) in [7, 11) is 0. The number of hydrogen-bond acceptors (Lipinski definition) is 1. The van der Waals surface area contributed by atoms with Crippen LogP contribution in [0.1, 0.15) is 11.1 Å². The topological polar surface area (TPSA) is 17.1 Å². The molecule has 2 aromatic rings. The third kappa shape index (κ3) is 4.43. The Morgan fingerprint density at radius 2 is 1.73 bits per heavy atom.